The van der Waals surface area contributed by atoms with Crippen molar-refractivity contribution in [3.05, 3.63) is 35.4 Å². The molecule has 22 heavy (non-hydrogen) atoms. The number of nitrogens with one attached hydrogen (secondary N) is 2. The van der Waals surface area contributed by atoms with E-state index in [1.54, 1.807) is 0 Å². The Morgan fingerprint density at radius 2 is 1.82 bits per heavy atom. The maximum Gasteiger partial charge on any atom is 0.215 e. The molecule has 124 valence electrons. The minimum absolute atomic E-state index is 0.0537. The number of hydrogen-bond acceptors (Lipinski definition) is 3. The third kappa shape index (κ3) is 6.46. The van der Waals surface area contributed by atoms with Gasteiger partial charge in [-0.1, -0.05) is 55.5 Å². The van der Waals surface area contributed by atoms with E-state index in [2.05, 4.69) is 10.0 Å². The maximum absolute atomic E-state index is 12.1. The molecule has 0 amide bonds. The van der Waals surface area contributed by atoms with Crippen molar-refractivity contribution in [3.8, 4) is 0 Å². The molecule has 0 atom stereocenters. The van der Waals surface area contributed by atoms with Gasteiger partial charge in [0, 0.05) is 19.1 Å². The third-order valence-corrected chi connectivity index (χ3v) is 5.53. The largest absolute Gasteiger partial charge is 0.313 e. The molecule has 1 aliphatic rings. The van der Waals surface area contributed by atoms with Gasteiger partial charge in [0.15, 0.2) is 0 Å². The van der Waals surface area contributed by atoms with E-state index in [0.29, 0.717) is 19.1 Å². The summed E-state index contributed by atoms with van der Waals surface area (Å²) >= 11 is 0. The average molecular weight is 324 g/mol. The first-order valence-electron chi connectivity index (χ1n) is 8.31. The molecule has 1 aliphatic carbocycles. The highest BCUT2D eigenvalue weighted by molar-refractivity contribution is 7.88. The highest BCUT2D eigenvalue weighted by Crippen LogP contribution is 2.16. The second-order valence-electron chi connectivity index (χ2n) is 6.29. The lowest BCUT2D eigenvalue weighted by molar-refractivity contribution is 0.461. The summed E-state index contributed by atoms with van der Waals surface area (Å²) in [5.74, 6) is 0.0537. The fraction of sp³-hybridized carbons (Fsp3) is 0.647. The van der Waals surface area contributed by atoms with Crippen LogP contribution < -0.4 is 10.0 Å². The van der Waals surface area contributed by atoms with Crippen molar-refractivity contribution in [3.63, 3.8) is 0 Å². The smallest absolute Gasteiger partial charge is 0.215 e. The van der Waals surface area contributed by atoms with Crippen molar-refractivity contribution in [2.24, 2.45) is 0 Å². The van der Waals surface area contributed by atoms with E-state index in [1.165, 1.54) is 38.5 Å². The Kier molecular flexibility index (Phi) is 6.86. The summed E-state index contributed by atoms with van der Waals surface area (Å²) in [5.41, 5.74) is 1.92. The zero-order chi connectivity index (χ0) is 15.8. The Morgan fingerprint density at radius 1 is 1.09 bits per heavy atom. The molecule has 0 saturated heterocycles. The van der Waals surface area contributed by atoms with Crippen molar-refractivity contribution in [1.29, 1.82) is 0 Å². The molecular formula is C17H28N2O2S. The molecule has 0 aliphatic heterocycles. The molecule has 5 heteroatoms. The Balaban J connectivity index is 1.70. The second kappa shape index (κ2) is 8.65. The van der Waals surface area contributed by atoms with Crippen molar-refractivity contribution in [2.45, 2.75) is 57.2 Å². The van der Waals surface area contributed by atoms with Gasteiger partial charge < -0.3 is 5.32 Å². The first-order chi connectivity index (χ1) is 10.6. The van der Waals surface area contributed by atoms with Gasteiger partial charge in [0.2, 0.25) is 10.0 Å². The van der Waals surface area contributed by atoms with E-state index in [1.807, 2.05) is 31.2 Å². The summed E-state index contributed by atoms with van der Waals surface area (Å²) in [6.45, 7) is 3.14. The predicted molar refractivity (Wildman–Crippen MR) is 91.3 cm³/mol. The van der Waals surface area contributed by atoms with Gasteiger partial charge >= 0.3 is 0 Å². The zero-order valence-corrected chi connectivity index (χ0v) is 14.3. The van der Waals surface area contributed by atoms with Gasteiger partial charge in [-0.3, -0.25) is 0 Å². The first kappa shape index (κ1) is 17.4. The summed E-state index contributed by atoms with van der Waals surface area (Å²) < 4.78 is 26.8. The maximum atomic E-state index is 12.1. The summed E-state index contributed by atoms with van der Waals surface area (Å²) in [6, 6.07) is 8.20. The number of rotatable bonds is 7. The minimum atomic E-state index is -3.25. The summed E-state index contributed by atoms with van der Waals surface area (Å²) in [4.78, 5) is 0. The van der Waals surface area contributed by atoms with Gasteiger partial charge in [-0.25, -0.2) is 13.1 Å². The van der Waals surface area contributed by atoms with Crippen LogP contribution in [-0.2, 0) is 15.8 Å². The Labute approximate surface area is 134 Å². The van der Waals surface area contributed by atoms with Gasteiger partial charge in [-0.05, 0) is 25.3 Å². The number of sulfonamides is 1. The lowest BCUT2D eigenvalue weighted by Crippen LogP contribution is -2.37. The molecule has 0 bridgehead atoms. The van der Waals surface area contributed by atoms with Crippen molar-refractivity contribution >= 4 is 10.0 Å². The van der Waals surface area contributed by atoms with Crippen LogP contribution in [0.1, 0.15) is 49.7 Å². The lowest BCUT2D eigenvalue weighted by atomic mass is 10.1. The number of aryl methyl sites for hydroxylation is 1. The Morgan fingerprint density at radius 3 is 2.50 bits per heavy atom. The quantitative estimate of drug-likeness (QED) is 0.599. The lowest BCUT2D eigenvalue weighted by Gasteiger charge is -2.16. The SMILES string of the molecule is Cc1cccc(CS(=O)(=O)NCCNC2CCCCCC2)c1. The second-order valence-corrected chi connectivity index (χ2v) is 8.09. The topological polar surface area (TPSA) is 58.2 Å². The van der Waals surface area contributed by atoms with Gasteiger partial charge in [0.25, 0.3) is 0 Å². The molecule has 0 heterocycles. The molecule has 0 radical (unpaired) electrons. The van der Waals surface area contributed by atoms with Gasteiger partial charge in [0.1, 0.15) is 0 Å². The first-order valence-corrected chi connectivity index (χ1v) is 9.97. The fourth-order valence-corrected chi connectivity index (χ4v) is 4.17. The van der Waals surface area contributed by atoms with Crippen LogP contribution in [0.2, 0.25) is 0 Å². The summed E-state index contributed by atoms with van der Waals surface area (Å²) in [7, 11) is -3.25. The normalized spacial score (nSPS) is 17.3. The van der Waals surface area contributed by atoms with Gasteiger partial charge in [0.05, 0.1) is 5.75 Å². The van der Waals surface area contributed by atoms with E-state index in [-0.39, 0.29) is 5.75 Å². The van der Waals surface area contributed by atoms with E-state index in [9.17, 15) is 8.42 Å². The molecule has 1 aromatic carbocycles. The molecule has 0 spiro atoms. The molecule has 0 unspecified atom stereocenters. The summed E-state index contributed by atoms with van der Waals surface area (Å²) in [6.07, 6.45) is 7.68. The molecule has 1 saturated carbocycles. The van der Waals surface area contributed by atoms with Crippen LogP contribution in [0.5, 0.6) is 0 Å². The highest BCUT2D eigenvalue weighted by Gasteiger charge is 2.13. The van der Waals surface area contributed by atoms with Crippen LogP contribution in [0.4, 0.5) is 0 Å². The standard InChI is InChI=1S/C17H28N2O2S/c1-15-7-6-8-16(13-15)14-22(20,21)19-12-11-18-17-9-4-2-3-5-10-17/h6-8,13,17-19H,2-5,9-12,14H2,1H3. The third-order valence-electron chi connectivity index (χ3n) is 4.17. The van der Waals surface area contributed by atoms with E-state index < -0.39 is 10.0 Å². The van der Waals surface area contributed by atoms with Crippen LogP contribution in [0, 0.1) is 6.92 Å². The van der Waals surface area contributed by atoms with Crippen LogP contribution >= 0.6 is 0 Å². The van der Waals surface area contributed by atoms with Crippen LogP contribution in [0.25, 0.3) is 0 Å². The van der Waals surface area contributed by atoms with Gasteiger partial charge in [-0.15, -0.1) is 0 Å². The molecular weight excluding hydrogens is 296 g/mol. The molecule has 2 N–H and O–H groups in total. The van der Waals surface area contributed by atoms with E-state index in [4.69, 9.17) is 0 Å². The van der Waals surface area contributed by atoms with Gasteiger partial charge in [-0.2, -0.15) is 0 Å². The zero-order valence-electron chi connectivity index (χ0n) is 13.5. The number of benzene rings is 1. The Hall–Kier alpha value is -0.910. The molecule has 0 aromatic heterocycles. The highest BCUT2D eigenvalue weighted by atomic mass is 32.2. The van der Waals surface area contributed by atoms with E-state index in [0.717, 1.165) is 11.1 Å². The minimum Gasteiger partial charge on any atom is -0.313 e. The number of hydrogen-bond donors (Lipinski definition) is 2. The van der Waals surface area contributed by atoms with Crippen LogP contribution in [0.3, 0.4) is 0 Å². The van der Waals surface area contributed by atoms with Crippen molar-refractivity contribution in [1.82, 2.24) is 10.0 Å². The average Bonchev–Trinajstić information content (AvgIpc) is 2.72. The molecule has 4 nitrogen and oxygen atoms in total. The monoisotopic (exact) mass is 324 g/mol. The molecule has 1 fully saturated rings. The molecule has 1 aromatic rings. The fourth-order valence-electron chi connectivity index (χ4n) is 3.04. The van der Waals surface area contributed by atoms with E-state index >= 15 is 0 Å². The van der Waals surface area contributed by atoms with Crippen molar-refractivity contribution in [2.75, 3.05) is 13.1 Å². The molecule has 2 rings (SSSR count). The van der Waals surface area contributed by atoms with Crippen LogP contribution in [0.15, 0.2) is 24.3 Å². The Bertz CT molecular complexity index is 550. The predicted octanol–water partition coefficient (Wildman–Crippen LogP) is 2.73. The summed E-state index contributed by atoms with van der Waals surface area (Å²) in [5, 5.41) is 3.48. The van der Waals surface area contributed by atoms with Crippen molar-refractivity contribution < 1.29 is 8.42 Å². The van der Waals surface area contributed by atoms with Crippen LogP contribution in [-0.4, -0.2) is 27.5 Å².